The Balaban J connectivity index is 1.40. The second kappa shape index (κ2) is 8.96. The molecule has 2 N–H and O–H groups in total. The summed E-state index contributed by atoms with van der Waals surface area (Å²) in [5.41, 5.74) is 2.10. The summed E-state index contributed by atoms with van der Waals surface area (Å²) in [7, 11) is 0. The highest BCUT2D eigenvalue weighted by Crippen LogP contribution is 2.15. The molecule has 146 valence electrons. The third-order valence-corrected chi connectivity index (χ3v) is 4.84. The molecule has 0 atom stereocenters. The predicted molar refractivity (Wildman–Crippen MR) is 102 cm³/mol. The van der Waals surface area contributed by atoms with Gasteiger partial charge in [-0.3, -0.25) is 4.90 Å². The lowest BCUT2D eigenvalue weighted by Gasteiger charge is -2.40. The van der Waals surface area contributed by atoms with Crippen molar-refractivity contribution in [1.82, 2.24) is 30.3 Å². The fraction of sp³-hybridized carbons (Fsp3) is 0.526. The zero-order chi connectivity index (χ0) is 19.1. The van der Waals surface area contributed by atoms with Crippen molar-refractivity contribution in [3.8, 4) is 0 Å². The van der Waals surface area contributed by atoms with E-state index in [4.69, 9.17) is 4.74 Å². The lowest BCUT2D eigenvalue weighted by molar-refractivity contribution is -0.00874. The van der Waals surface area contributed by atoms with Crippen molar-refractivity contribution in [3.63, 3.8) is 0 Å². The van der Waals surface area contributed by atoms with E-state index in [1.165, 1.54) is 6.33 Å². The smallest absolute Gasteiger partial charge is 0.315 e. The molecule has 0 saturated carbocycles. The SMILES string of the molecule is CC(C)(CNC(=O)NCc1ccc(Cn2cncn2)cc1)N1CCOCC1. The number of hydrogen-bond donors (Lipinski definition) is 2. The summed E-state index contributed by atoms with van der Waals surface area (Å²) in [4.78, 5) is 18.4. The first-order valence-corrected chi connectivity index (χ1v) is 9.28. The normalized spacial score (nSPS) is 15.5. The molecular weight excluding hydrogens is 344 g/mol. The number of carbonyl (C=O) groups excluding carboxylic acids is 1. The van der Waals surface area contributed by atoms with Gasteiger partial charge in [0.05, 0.1) is 19.8 Å². The number of hydrogen-bond acceptors (Lipinski definition) is 5. The van der Waals surface area contributed by atoms with E-state index in [9.17, 15) is 4.79 Å². The second-order valence-electron chi connectivity index (χ2n) is 7.36. The molecule has 2 heterocycles. The highest BCUT2D eigenvalue weighted by atomic mass is 16.5. The topological polar surface area (TPSA) is 84.3 Å². The van der Waals surface area contributed by atoms with Gasteiger partial charge < -0.3 is 15.4 Å². The Labute approximate surface area is 159 Å². The number of rotatable bonds is 7. The lowest BCUT2D eigenvalue weighted by atomic mass is 10.0. The minimum Gasteiger partial charge on any atom is -0.379 e. The van der Waals surface area contributed by atoms with Crippen molar-refractivity contribution < 1.29 is 9.53 Å². The fourth-order valence-electron chi connectivity index (χ4n) is 3.09. The van der Waals surface area contributed by atoms with Crippen molar-refractivity contribution >= 4 is 6.03 Å². The minimum absolute atomic E-state index is 0.0931. The van der Waals surface area contributed by atoms with Gasteiger partial charge in [-0.05, 0) is 25.0 Å². The van der Waals surface area contributed by atoms with Crippen LogP contribution < -0.4 is 10.6 Å². The van der Waals surface area contributed by atoms with Crippen molar-refractivity contribution in [3.05, 3.63) is 48.0 Å². The van der Waals surface area contributed by atoms with E-state index in [1.54, 1.807) is 11.0 Å². The molecule has 1 fully saturated rings. The Bertz CT molecular complexity index is 708. The maximum absolute atomic E-state index is 12.1. The van der Waals surface area contributed by atoms with Crippen LogP contribution in [-0.4, -0.2) is 64.1 Å². The Morgan fingerprint density at radius 3 is 2.52 bits per heavy atom. The number of aromatic nitrogens is 3. The van der Waals surface area contributed by atoms with Crippen LogP contribution in [-0.2, 0) is 17.8 Å². The van der Waals surface area contributed by atoms with E-state index in [0.29, 0.717) is 19.6 Å². The number of nitrogens with one attached hydrogen (secondary N) is 2. The monoisotopic (exact) mass is 372 g/mol. The number of urea groups is 1. The van der Waals surface area contributed by atoms with Gasteiger partial charge in [0, 0.05) is 31.7 Å². The number of carbonyl (C=O) groups is 1. The van der Waals surface area contributed by atoms with E-state index in [0.717, 1.165) is 37.4 Å². The molecule has 1 aromatic heterocycles. The summed E-state index contributed by atoms with van der Waals surface area (Å²) >= 11 is 0. The van der Waals surface area contributed by atoms with E-state index in [1.807, 2.05) is 24.3 Å². The van der Waals surface area contributed by atoms with Gasteiger partial charge in [0.1, 0.15) is 12.7 Å². The van der Waals surface area contributed by atoms with Gasteiger partial charge >= 0.3 is 6.03 Å². The predicted octanol–water partition coefficient (Wildman–Crippen LogP) is 1.24. The number of nitrogens with zero attached hydrogens (tertiary/aromatic N) is 4. The molecule has 0 spiro atoms. The lowest BCUT2D eigenvalue weighted by Crippen LogP contribution is -2.56. The first-order valence-electron chi connectivity index (χ1n) is 9.28. The first kappa shape index (κ1) is 19.3. The molecular formula is C19H28N6O2. The molecule has 1 aromatic carbocycles. The van der Waals surface area contributed by atoms with Crippen LogP contribution in [0.2, 0.25) is 0 Å². The zero-order valence-corrected chi connectivity index (χ0v) is 16.0. The molecule has 8 heteroatoms. The van der Waals surface area contributed by atoms with Crippen molar-refractivity contribution in [1.29, 1.82) is 0 Å². The van der Waals surface area contributed by atoms with Crippen LogP contribution in [0, 0.1) is 0 Å². The maximum atomic E-state index is 12.1. The standard InChI is InChI=1S/C19H28N6O2/c1-19(2,24-7-9-27-10-8-24)13-22-18(26)21-11-16-3-5-17(6-4-16)12-25-15-20-14-23-25/h3-6,14-15H,7-13H2,1-2H3,(H2,21,22,26). The average molecular weight is 372 g/mol. The third kappa shape index (κ3) is 5.77. The Kier molecular flexibility index (Phi) is 6.41. The molecule has 27 heavy (non-hydrogen) atoms. The number of ether oxygens (including phenoxy) is 1. The molecule has 0 bridgehead atoms. The van der Waals surface area contributed by atoms with Gasteiger partial charge in [-0.25, -0.2) is 14.5 Å². The summed E-state index contributed by atoms with van der Waals surface area (Å²) in [5.74, 6) is 0. The number of morpholine rings is 1. The molecule has 2 amide bonds. The minimum atomic E-state index is -0.150. The van der Waals surface area contributed by atoms with E-state index < -0.39 is 0 Å². The van der Waals surface area contributed by atoms with Crippen molar-refractivity contribution in [2.45, 2.75) is 32.5 Å². The molecule has 1 aliphatic rings. The Morgan fingerprint density at radius 2 is 1.85 bits per heavy atom. The summed E-state index contributed by atoms with van der Waals surface area (Å²) in [5, 5.41) is 10.00. The molecule has 0 unspecified atom stereocenters. The molecule has 1 aliphatic heterocycles. The van der Waals surface area contributed by atoms with Gasteiger partial charge in [0.2, 0.25) is 0 Å². The van der Waals surface area contributed by atoms with Crippen LogP contribution in [0.15, 0.2) is 36.9 Å². The molecule has 2 aromatic rings. The summed E-state index contributed by atoms with van der Waals surface area (Å²) in [6, 6.07) is 7.97. The van der Waals surface area contributed by atoms with Gasteiger partial charge in [0.25, 0.3) is 0 Å². The summed E-state index contributed by atoms with van der Waals surface area (Å²) in [6.07, 6.45) is 3.22. The van der Waals surface area contributed by atoms with Crippen LogP contribution in [0.1, 0.15) is 25.0 Å². The van der Waals surface area contributed by atoms with Crippen LogP contribution >= 0.6 is 0 Å². The van der Waals surface area contributed by atoms with Crippen LogP contribution in [0.25, 0.3) is 0 Å². The van der Waals surface area contributed by atoms with Crippen LogP contribution in [0.3, 0.4) is 0 Å². The highest BCUT2D eigenvalue weighted by molar-refractivity contribution is 5.73. The molecule has 1 saturated heterocycles. The second-order valence-corrected chi connectivity index (χ2v) is 7.36. The van der Waals surface area contributed by atoms with Gasteiger partial charge in [0.15, 0.2) is 0 Å². The van der Waals surface area contributed by atoms with E-state index in [2.05, 4.69) is 39.5 Å². The van der Waals surface area contributed by atoms with Crippen LogP contribution in [0.4, 0.5) is 4.79 Å². The number of amides is 2. The van der Waals surface area contributed by atoms with E-state index >= 15 is 0 Å². The van der Waals surface area contributed by atoms with E-state index in [-0.39, 0.29) is 11.6 Å². The molecule has 0 radical (unpaired) electrons. The van der Waals surface area contributed by atoms with Gasteiger partial charge in [-0.2, -0.15) is 5.10 Å². The van der Waals surface area contributed by atoms with Crippen molar-refractivity contribution in [2.24, 2.45) is 0 Å². The molecule has 0 aliphatic carbocycles. The van der Waals surface area contributed by atoms with Gasteiger partial charge in [-0.1, -0.05) is 24.3 Å². The average Bonchev–Trinajstić information content (AvgIpc) is 3.20. The summed E-state index contributed by atoms with van der Waals surface area (Å²) in [6.45, 7) is 9.37. The maximum Gasteiger partial charge on any atom is 0.315 e. The zero-order valence-electron chi connectivity index (χ0n) is 16.0. The van der Waals surface area contributed by atoms with Gasteiger partial charge in [-0.15, -0.1) is 0 Å². The van der Waals surface area contributed by atoms with Crippen molar-refractivity contribution in [2.75, 3.05) is 32.8 Å². The quantitative estimate of drug-likeness (QED) is 0.764. The largest absolute Gasteiger partial charge is 0.379 e. The summed E-state index contributed by atoms with van der Waals surface area (Å²) < 4.78 is 7.17. The third-order valence-electron chi connectivity index (χ3n) is 4.84. The molecule has 8 nitrogen and oxygen atoms in total. The number of benzene rings is 1. The van der Waals surface area contributed by atoms with Crippen LogP contribution in [0.5, 0.6) is 0 Å². The highest BCUT2D eigenvalue weighted by Gasteiger charge is 2.28. The molecule has 3 rings (SSSR count). The first-order chi connectivity index (χ1) is 13.0. The fourth-order valence-corrected chi connectivity index (χ4v) is 3.09. The Morgan fingerprint density at radius 1 is 1.15 bits per heavy atom. The Hall–Kier alpha value is -2.45.